The number of hydrogen-bond donors (Lipinski definition) is 1. The summed E-state index contributed by atoms with van der Waals surface area (Å²) in [5.74, 6) is -0.758. The summed E-state index contributed by atoms with van der Waals surface area (Å²) in [4.78, 5) is 24.0. The van der Waals surface area contributed by atoms with Gasteiger partial charge in [-0.2, -0.15) is 0 Å². The molecule has 1 N–H and O–H groups in total. The molecule has 2 rings (SSSR count). The fourth-order valence-corrected chi connectivity index (χ4v) is 2.41. The van der Waals surface area contributed by atoms with Crippen LogP contribution in [0.1, 0.15) is 19.8 Å². The van der Waals surface area contributed by atoms with E-state index in [1.807, 2.05) is 13.0 Å². The molecule has 0 aliphatic carbocycles. The summed E-state index contributed by atoms with van der Waals surface area (Å²) in [6.45, 7) is 2.01. The number of carboxylic acids is 1. The molecule has 2 heterocycles. The third kappa shape index (κ3) is 1.22. The van der Waals surface area contributed by atoms with E-state index in [1.165, 1.54) is 11.0 Å². The first kappa shape index (κ1) is 9.24. The number of fused-ring (bicyclic) bond motifs is 1. The SMILES string of the molecule is C[C@H]1C[C@@H](C(=O)O)N2C(=O)C=CCC12. The van der Waals surface area contributed by atoms with Crippen molar-refractivity contribution in [3.8, 4) is 0 Å². The van der Waals surface area contributed by atoms with E-state index < -0.39 is 12.0 Å². The van der Waals surface area contributed by atoms with Crippen LogP contribution in [0.5, 0.6) is 0 Å². The van der Waals surface area contributed by atoms with Gasteiger partial charge < -0.3 is 10.0 Å². The molecule has 0 saturated carbocycles. The van der Waals surface area contributed by atoms with E-state index in [9.17, 15) is 9.59 Å². The molecule has 4 nitrogen and oxygen atoms in total. The lowest BCUT2D eigenvalue weighted by atomic mass is 9.97. The van der Waals surface area contributed by atoms with Crippen LogP contribution < -0.4 is 0 Å². The monoisotopic (exact) mass is 195 g/mol. The molecule has 0 aromatic heterocycles. The van der Waals surface area contributed by atoms with Gasteiger partial charge in [-0.05, 0) is 24.8 Å². The molecule has 2 aliphatic rings. The molecular formula is C10H13NO3. The van der Waals surface area contributed by atoms with Gasteiger partial charge in [0, 0.05) is 6.04 Å². The third-order valence-electron chi connectivity index (χ3n) is 3.12. The Bertz CT molecular complexity index is 310. The average molecular weight is 195 g/mol. The zero-order chi connectivity index (χ0) is 10.3. The first-order valence-corrected chi connectivity index (χ1v) is 4.83. The van der Waals surface area contributed by atoms with Gasteiger partial charge in [-0.3, -0.25) is 4.79 Å². The van der Waals surface area contributed by atoms with Crippen LogP contribution >= 0.6 is 0 Å². The standard InChI is InChI=1S/C10H13NO3/c1-6-5-8(10(13)14)11-7(6)3-2-4-9(11)12/h2,4,6-8H,3,5H2,1H3,(H,13,14)/t6-,7?,8-/m0/s1. The highest BCUT2D eigenvalue weighted by Gasteiger charge is 2.45. The molecular weight excluding hydrogens is 182 g/mol. The minimum atomic E-state index is -0.886. The Hall–Kier alpha value is -1.32. The molecule has 0 radical (unpaired) electrons. The van der Waals surface area contributed by atoms with E-state index in [-0.39, 0.29) is 17.9 Å². The molecule has 0 bridgehead atoms. The van der Waals surface area contributed by atoms with E-state index in [0.717, 1.165) is 6.42 Å². The number of carbonyl (C=O) groups excluding carboxylic acids is 1. The van der Waals surface area contributed by atoms with Crippen molar-refractivity contribution in [2.45, 2.75) is 31.8 Å². The Morgan fingerprint density at radius 1 is 1.64 bits per heavy atom. The van der Waals surface area contributed by atoms with Crippen molar-refractivity contribution in [2.75, 3.05) is 0 Å². The Labute approximate surface area is 82.2 Å². The number of aliphatic carboxylic acids is 1. The Morgan fingerprint density at radius 2 is 2.36 bits per heavy atom. The Morgan fingerprint density at radius 3 is 3.00 bits per heavy atom. The Balaban J connectivity index is 2.30. The fraction of sp³-hybridized carbons (Fsp3) is 0.600. The molecule has 3 atom stereocenters. The highest BCUT2D eigenvalue weighted by atomic mass is 16.4. The van der Waals surface area contributed by atoms with Gasteiger partial charge in [0.1, 0.15) is 6.04 Å². The number of hydrogen-bond acceptors (Lipinski definition) is 2. The van der Waals surface area contributed by atoms with E-state index in [2.05, 4.69) is 0 Å². The van der Waals surface area contributed by atoms with Crippen LogP contribution in [-0.2, 0) is 9.59 Å². The quantitative estimate of drug-likeness (QED) is 0.667. The van der Waals surface area contributed by atoms with Crippen LogP contribution in [0.25, 0.3) is 0 Å². The summed E-state index contributed by atoms with van der Waals surface area (Å²) in [5.41, 5.74) is 0. The smallest absolute Gasteiger partial charge is 0.326 e. The summed E-state index contributed by atoms with van der Waals surface area (Å²) in [6.07, 6.45) is 4.68. The van der Waals surface area contributed by atoms with Crippen LogP contribution in [0, 0.1) is 5.92 Å². The van der Waals surface area contributed by atoms with Gasteiger partial charge in [0.2, 0.25) is 5.91 Å². The summed E-state index contributed by atoms with van der Waals surface area (Å²) in [7, 11) is 0. The number of carboxylic acid groups (broad SMARTS) is 1. The maximum atomic E-state index is 11.5. The highest BCUT2D eigenvalue weighted by Crippen LogP contribution is 2.34. The van der Waals surface area contributed by atoms with Gasteiger partial charge in [0.15, 0.2) is 0 Å². The van der Waals surface area contributed by atoms with Crippen molar-refractivity contribution >= 4 is 11.9 Å². The van der Waals surface area contributed by atoms with Gasteiger partial charge in [-0.25, -0.2) is 4.79 Å². The zero-order valence-electron chi connectivity index (χ0n) is 8.01. The second-order valence-corrected chi connectivity index (χ2v) is 4.02. The van der Waals surface area contributed by atoms with Crippen LogP contribution in [0.15, 0.2) is 12.2 Å². The lowest BCUT2D eigenvalue weighted by Crippen LogP contribution is -2.46. The second-order valence-electron chi connectivity index (χ2n) is 4.02. The predicted molar refractivity (Wildman–Crippen MR) is 49.6 cm³/mol. The van der Waals surface area contributed by atoms with Crippen molar-refractivity contribution < 1.29 is 14.7 Å². The molecule has 1 amide bonds. The molecule has 4 heteroatoms. The summed E-state index contributed by atoms with van der Waals surface area (Å²) in [5, 5.41) is 8.97. The van der Waals surface area contributed by atoms with Gasteiger partial charge in [-0.15, -0.1) is 0 Å². The largest absolute Gasteiger partial charge is 0.480 e. The lowest BCUT2D eigenvalue weighted by Gasteiger charge is -2.30. The normalized spacial score (nSPS) is 35.9. The van der Waals surface area contributed by atoms with Gasteiger partial charge in [-0.1, -0.05) is 13.0 Å². The number of carbonyl (C=O) groups is 2. The van der Waals surface area contributed by atoms with E-state index in [1.54, 1.807) is 0 Å². The van der Waals surface area contributed by atoms with Crippen LogP contribution in [0.4, 0.5) is 0 Å². The second kappa shape index (κ2) is 3.12. The van der Waals surface area contributed by atoms with Crippen LogP contribution in [-0.4, -0.2) is 34.0 Å². The number of nitrogens with zero attached hydrogens (tertiary/aromatic N) is 1. The van der Waals surface area contributed by atoms with Crippen molar-refractivity contribution in [2.24, 2.45) is 5.92 Å². The summed E-state index contributed by atoms with van der Waals surface area (Å²) >= 11 is 0. The maximum Gasteiger partial charge on any atom is 0.326 e. The molecule has 1 unspecified atom stereocenters. The van der Waals surface area contributed by atoms with Crippen molar-refractivity contribution in [3.05, 3.63) is 12.2 Å². The minimum absolute atomic E-state index is 0.0913. The van der Waals surface area contributed by atoms with E-state index in [0.29, 0.717) is 6.42 Å². The first-order valence-electron chi connectivity index (χ1n) is 4.83. The average Bonchev–Trinajstić information content (AvgIpc) is 2.46. The van der Waals surface area contributed by atoms with Gasteiger partial charge in [0.05, 0.1) is 0 Å². The first-order chi connectivity index (χ1) is 6.61. The maximum absolute atomic E-state index is 11.5. The molecule has 1 fully saturated rings. The predicted octanol–water partition coefficient (Wildman–Crippen LogP) is 0.637. The van der Waals surface area contributed by atoms with Crippen molar-refractivity contribution in [1.82, 2.24) is 4.90 Å². The molecule has 0 spiro atoms. The van der Waals surface area contributed by atoms with Gasteiger partial charge >= 0.3 is 5.97 Å². The van der Waals surface area contributed by atoms with E-state index >= 15 is 0 Å². The lowest BCUT2D eigenvalue weighted by molar-refractivity contribution is -0.148. The number of amides is 1. The minimum Gasteiger partial charge on any atom is -0.480 e. The molecule has 0 aromatic rings. The van der Waals surface area contributed by atoms with Crippen LogP contribution in [0.2, 0.25) is 0 Å². The zero-order valence-corrected chi connectivity index (χ0v) is 8.01. The molecule has 2 aliphatic heterocycles. The van der Waals surface area contributed by atoms with Crippen molar-refractivity contribution in [3.63, 3.8) is 0 Å². The number of rotatable bonds is 1. The fourth-order valence-electron chi connectivity index (χ4n) is 2.41. The summed E-state index contributed by atoms with van der Waals surface area (Å²) in [6, 6.07) is -0.527. The van der Waals surface area contributed by atoms with Crippen LogP contribution in [0.3, 0.4) is 0 Å². The Kier molecular flexibility index (Phi) is 2.06. The third-order valence-corrected chi connectivity index (χ3v) is 3.12. The molecule has 0 aromatic carbocycles. The van der Waals surface area contributed by atoms with Crippen molar-refractivity contribution in [1.29, 1.82) is 0 Å². The topological polar surface area (TPSA) is 57.6 Å². The van der Waals surface area contributed by atoms with E-state index in [4.69, 9.17) is 5.11 Å². The summed E-state index contributed by atoms with van der Waals surface area (Å²) < 4.78 is 0. The molecule has 1 saturated heterocycles. The molecule has 76 valence electrons. The van der Waals surface area contributed by atoms with Gasteiger partial charge in [0.25, 0.3) is 0 Å². The molecule has 14 heavy (non-hydrogen) atoms. The highest BCUT2D eigenvalue weighted by molar-refractivity contribution is 5.92.